The van der Waals surface area contributed by atoms with Gasteiger partial charge in [0.05, 0.1) is 5.69 Å². The maximum atomic E-state index is 5.73. The summed E-state index contributed by atoms with van der Waals surface area (Å²) in [5.74, 6) is 0.575. The minimum Gasteiger partial charge on any atom is -0.383 e. The van der Waals surface area contributed by atoms with Crippen LogP contribution in [0.3, 0.4) is 0 Å². The van der Waals surface area contributed by atoms with Crippen molar-refractivity contribution < 1.29 is 0 Å². The number of rotatable bonds is 1. The molecule has 0 bridgehead atoms. The SMILES string of the molecule is Cc1ccc(-c2cccnc2)nc1N. The van der Waals surface area contributed by atoms with E-state index in [0.29, 0.717) is 5.82 Å². The normalized spacial score (nSPS) is 10.1. The Bertz CT molecular complexity index is 438. The molecular weight excluding hydrogens is 174 g/mol. The first-order valence-electron chi connectivity index (χ1n) is 4.41. The van der Waals surface area contributed by atoms with Crippen LogP contribution in [0.4, 0.5) is 5.82 Å². The van der Waals surface area contributed by atoms with Crippen molar-refractivity contribution in [2.75, 3.05) is 5.73 Å². The summed E-state index contributed by atoms with van der Waals surface area (Å²) in [5.41, 5.74) is 8.57. The smallest absolute Gasteiger partial charge is 0.126 e. The fraction of sp³-hybridized carbons (Fsp3) is 0.0909. The number of nitrogen functional groups attached to an aromatic ring is 1. The third kappa shape index (κ3) is 1.57. The molecule has 0 unspecified atom stereocenters. The van der Waals surface area contributed by atoms with Crippen molar-refractivity contribution in [1.29, 1.82) is 0 Å². The summed E-state index contributed by atoms with van der Waals surface area (Å²) in [4.78, 5) is 8.31. The molecule has 70 valence electrons. The van der Waals surface area contributed by atoms with E-state index in [0.717, 1.165) is 16.8 Å². The third-order valence-corrected chi connectivity index (χ3v) is 2.09. The van der Waals surface area contributed by atoms with E-state index in [1.807, 2.05) is 31.2 Å². The van der Waals surface area contributed by atoms with E-state index in [1.165, 1.54) is 0 Å². The molecule has 2 rings (SSSR count). The predicted molar refractivity (Wildman–Crippen MR) is 56.6 cm³/mol. The van der Waals surface area contributed by atoms with Gasteiger partial charge in [0.2, 0.25) is 0 Å². The summed E-state index contributed by atoms with van der Waals surface area (Å²) in [6, 6.07) is 7.75. The van der Waals surface area contributed by atoms with Gasteiger partial charge in [-0.05, 0) is 30.7 Å². The van der Waals surface area contributed by atoms with Crippen LogP contribution in [-0.2, 0) is 0 Å². The summed E-state index contributed by atoms with van der Waals surface area (Å²) in [7, 11) is 0. The molecule has 2 heterocycles. The Morgan fingerprint density at radius 2 is 2.07 bits per heavy atom. The summed E-state index contributed by atoms with van der Waals surface area (Å²) in [6.07, 6.45) is 3.51. The van der Waals surface area contributed by atoms with Crippen molar-refractivity contribution >= 4 is 5.82 Å². The lowest BCUT2D eigenvalue weighted by Gasteiger charge is -2.03. The van der Waals surface area contributed by atoms with Gasteiger partial charge in [-0.15, -0.1) is 0 Å². The molecule has 0 fully saturated rings. The second-order valence-electron chi connectivity index (χ2n) is 3.14. The quantitative estimate of drug-likeness (QED) is 0.739. The Hall–Kier alpha value is -1.90. The molecule has 0 amide bonds. The molecule has 3 nitrogen and oxygen atoms in total. The fourth-order valence-corrected chi connectivity index (χ4v) is 1.22. The van der Waals surface area contributed by atoms with Crippen LogP contribution in [0.2, 0.25) is 0 Å². The molecule has 0 spiro atoms. The first-order valence-corrected chi connectivity index (χ1v) is 4.41. The van der Waals surface area contributed by atoms with Crippen molar-refractivity contribution in [3.63, 3.8) is 0 Å². The van der Waals surface area contributed by atoms with Crippen molar-refractivity contribution in [1.82, 2.24) is 9.97 Å². The largest absolute Gasteiger partial charge is 0.383 e. The van der Waals surface area contributed by atoms with Gasteiger partial charge in [0.15, 0.2) is 0 Å². The maximum Gasteiger partial charge on any atom is 0.126 e. The number of hydrogen-bond donors (Lipinski definition) is 1. The average molecular weight is 185 g/mol. The highest BCUT2D eigenvalue weighted by molar-refractivity contribution is 5.60. The zero-order valence-corrected chi connectivity index (χ0v) is 7.94. The highest BCUT2D eigenvalue weighted by Crippen LogP contribution is 2.18. The third-order valence-electron chi connectivity index (χ3n) is 2.09. The van der Waals surface area contributed by atoms with Crippen molar-refractivity contribution in [3.05, 3.63) is 42.2 Å². The Balaban J connectivity index is 2.48. The molecule has 0 radical (unpaired) electrons. The molecule has 2 aromatic heterocycles. The minimum atomic E-state index is 0.575. The van der Waals surface area contributed by atoms with Crippen molar-refractivity contribution in [3.8, 4) is 11.3 Å². The summed E-state index contributed by atoms with van der Waals surface area (Å²) in [5, 5.41) is 0. The number of nitrogens with zero attached hydrogens (tertiary/aromatic N) is 2. The number of pyridine rings is 2. The van der Waals surface area contributed by atoms with E-state index in [9.17, 15) is 0 Å². The van der Waals surface area contributed by atoms with Gasteiger partial charge in [0.1, 0.15) is 5.82 Å². The number of nitrogens with two attached hydrogens (primary N) is 1. The Morgan fingerprint density at radius 1 is 1.21 bits per heavy atom. The van der Waals surface area contributed by atoms with E-state index in [2.05, 4.69) is 9.97 Å². The Kier molecular flexibility index (Phi) is 2.14. The second-order valence-corrected chi connectivity index (χ2v) is 3.14. The first kappa shape index (κ1) is 8.69. The van der Waals surface area contributed by atoms with Gasteiger partial charge < -0.3 is 5.73 Å². The Labute approximate surface area is 82.6 Å². The lowest BCUT2D eigenvalue weighted by Crippen LogP contribution is -1.95. The molecule has 0 aromatic carbocycles. The van der Waals surface area contributed by atoms with Crippen LogP contribution < -0.4 is 5.73 Å². The molecule has 0 saturated heterocycles. The van der Waals surface area contributed by atoms with Gasteiger partial charge in [-0.2, -0.15) is 0 Å². The molecule has 0 saturated carbocycles. The van der Waals surface area contributed by atoms with Crippen molar-refractivity contribution in [2.45, 2.75) is 6.92 Å². The summed E-state index contributed by atoms with van der Waals surface area (Å²) >= 11 is 0. The monoisotopic (exact) mass is 185 g/mol. The van der Waals surface area contributed by atoms with Crippen LogP contribution in [0.25, 0.3) is 11.3 Å². The van der Waals surface area contributed by atoms with E-state index < -0.39 is 0 Å². The van der Waals surface area contributed by atoms with Gasteiger partial charge in [-0.25, -0.2) is 4.98 Å². The summed E-state index contributed by atoms with van der Waals surface area (Å²) in [6.45, 7) is 1.94. The number of hydrogen-bond acceptors (Lipinski definition) is 3. The second kappa shape index (κ2) is 3.46. The maximum absolute atomic E-state index is 5.73. The lowest BCUT2D eigenvalue weighted by molar-refractivity contribution is 1.26. The molecule has 0 atom stereocenters. The van der Waals surface area contributed by atoms with Gasteiger partial charge in [-0.3, -0.25) is 4.98 Å². The fourth-order valence-electron chi connectivity index (χ4n) is 1.22. The topological polar surface area (TPSA) is 51.8 Å². The van der Waals surface area contributed by atoms with Crippen LogP contribution in [-0.4, -0.2) is 9.97 Å². The molecule has 0 aliphatic rings. The van der Waals surface area contributed by atoms with Crippen LogP contribution in [0, 0.1) is 6.92 Å². The number of aryl methyl sites for hydroxylation is 1. The van der Waals surface area contributed by atoms with E-state index in [4.69, 9.17) is 5.73 Å². The predicted octanol–water partition coefficient (Wildman–Crippen LogP) is 2.03. The number of anilines is 1. The van der Waals surface area contributed by atoms with Crippen LogP contribution in [0.1, 0.15) is 5.56 Å². The Morgan fingerprint density at radius 3 is 2.71 bits per heavy atom. The molecule has 0 aliphatic heterocycles. The van der Waals surface area contributed by atoms with Gasteiger partial charge in [0.25, 0.3) is 0 Å². The minimum absolute atomic E-state index is 0.575. The molecule has 0 aliphatic carbocycles. The highest BCUT2D eigenvalue weighted by Gasteiger charge is 2.00. The van der Waals surface area contributed by atoms with Gasteiger partial charge in [0, 0.05) is 18.0 Å². The van der Waals surface area contributed by atoms with Crippen LogP contribution in [0.5, 0.6) is 0 Å². The number of aromatic nitrogens is 2. The van der Waals surface area contributed by atoms with Crippen LogP contribution >= 0.6 is 0 Å². The standard InChI is InChI=1S/C11H11N3/c1-8-4-5-10(14-11(8)12)9-3-2-6-13-7-9/h2-7H,1H3,(H2,12,14). The zero-order chi connectivity index (χ0) is 9.97. The molecule has 14 heavy (non-hydrogen) atoms. The van der Waals surface area contributed by atoms with Gasteiger partial charge >= 0.3 is 0 Å². The first-order chi connectivity index (χ1) is 6.77. The lowest BCUT2D eigenvalue weighted by atomic mass is 10.1. The van der Waals surface area contributed by atoms with Crippen LogP contribution in [0.15, 0.2) is 36.7 Å². The molecule has 2 aromatic rings. The van der Waals surface area contributed by atoms with Gasteiger partial charge in [-0.1, -0.05) is 6.07 Å². The van der Waals surface area contributed by atoms with E-state index >= 15 is 0 Å². The van der Waals surface area contributed by atoms with E-state index in [-0.39, 0.29) is 0 Å². The molecule has 3 heteroatoms. The average Bonchev–Trinajstić information content (AvgIpc) is 2.23. The molecular formula is C11H11N3. The van der Waals surface area contributed by atoms with E-state index in [1.54, 1.807) is 12.4 Å². The molecule has 2 N–H and O–H groups in total. The highest BCUT2D eigenvalue weighted by atomic mass is 14.8. The zero-order valence-electron chi connectivity index (χ0n) is 7.94. The van der Waals surface area contributed by atoms with Crippen molar-refractivity contribution in [2.24, 2.45) is 0 Å². The summed E-state index contributed by atoms with van der Waals surface area (Å²) < 4.78 is 0.